The Bertz CT molecular complexity index is 227. The normalized spacial score (nSPS) is 14.3. The number of methoxy groups -OCH3 is 1. The van der Waals surface area contributed by atoms with E-state index in [2.05, 4.69) is 4.74 Å². The van der Waals surface area contributed by atoms with Gasteiger partial charge >= 0.3 is 11.9 Å². The van der Waals surface area contributed by atoms with Gasteiger partial charge in [-0.2, -0.15) is 0 Å². The van der Waals surface area contributed by atoms with E-state index in [0.29, 0.717) is 5.75 Å². The molecule has 0 aliphatic heterocycles. The first-order valence-corrected chi connectivity index (χ1v) is 6.54. The van der Waals surface area contributed by atoms with E-state index in [9.17, 15) is 9.59 Å². The van der Waals surface area contributed by atoms with Crippen LogP contribution in [0.3, 0.4) is 0 Å². The third kappa shape index (κ3) is 6.61. The SMILES string of the molecule is COC(=O)[C@H](N)CSSCC(N)C(=O)O. The Hall–Kier alpha value is -0.440. The highest BCUT2D eigenvalue weighted by atomic mass is 33.1. The number of hydrogen-bond donors (Lipinski definition) is 3. The minimum Gasteiger partial charge on any atom is -0.480 e. The summed E-state index contributed by atoms with van der Waals surface area (Å²) in [5.41, 5.74) is 10.7. The van der Waals surface area contributed by atoms with E-state index in [4.69, 9.17) is 16.6 Å². The highest BCUT2D eigenvalue weighted by molar-refractivity contribution is 8.76. The quantitative estimate of drug-likeness (QED) is 0.310. The molecule has 0 amide bonds. The van der Waals surface area contributed by atoms with Gasteiger partial charge in [0, 0.05) is 11.5 Å². The number of aliphatic carboxylic acids is 1. The van der Waals surface area contributed by atoms with Crippen molar-refractivity contribution < 1.29 is 19.4 Å². The standard InChI is InChI=1S/C7H14N2O4S2/c1-13-7(12)5(9)3-15-14-2-4(8)6(10)11/h4-5H,2-3,8-9H2,1H3,(H,10,11)/t4?,5-/m1/s1. The topological polar surface area (TPSA) is 116 Å². The summed E-state index contributed by atoms with van der Waals surface area (Å²) in [5, 5.41) is 8.47. The molecule has 0 radical (unpaired) electrons. The van der Waals surface area contributed by atoms with E-state index in [-0.39, 0.29) is 5.75 Å². The molecule has 0 aliphatic carbocycles. The summed E-state index contributed by atoms with van der Waals surface area (Å²) in [7, 11) is 3.83. The molecule has 0 heterocycles. The first kappa shape index (κ1) is 14.6. The molecule has 88 valence electrons. The maximum atomic E-state index is 10.9. The highest BCUT2D eigenvalue weighted by Crippen LogP contribution is 2.22. The molecular weight excluding hydrogens is 240 g/mol. The van der Waals surface area contributed by atoms with Crippen molar-refractivity contribution in [3.8, 4) is 0 Å². The van der Waals surface area contributed by atoms with E-state index in [1.54, 1.807) is 0 Å². The number of rotatable bonds is 7. The second-order valence-electron chi connectivity index (χ2n) is 2.64. The van der Waals surface area contributed by atoms with Crippen LogP contribution in [0.15, 0.2) is 0 Å². The van der Waals surface area contributed by atoms with Crippen LogP contribution in [0.2, 0.25) is 0 Å². The number of ether oxygens (including phenoxy) is 1. The van der Waals surface area contributed by atoms with Crippen molar-refractivity contribution >= 4 is 33.5 Å². The first-order chi connectivity index (χ1) is 6.99. The van der Waals surface area contributed by atoms with E-state index in [1.807, 2.05) is 0 Å². The Kier molecular flexibility index (Phi) is 7.57. The minimum absolute atomic E-state index is 0.272. The smallest absolute Gasteiger partial charge is 0.323 e. The Balaban J connectivity index is 3.54. The van der Waals surface area contributed by atoms with Crippen LogP contribution < -0.4 is 11.5 Å². The van der Waals surface area contributed by atoms with Gasteiger partial charge in [0.1, 0.15) is 12.1 Å². The Morgan fingerprint density at radius 3 is 2.13 bits per heavy atom. The average Bonchev–Trinajstić information content (AvgIpc) is 2.22. The lowest BCUT2D eigenvalue weighted by atomic mass is 10.4. The van der Waals surface area contributed by atoms with Gasteiger partial charge in [-0.3, -0.25) is 9.59 Å². The molecule has 0 saturated heterocycles. The van der Waals surface area contributed by atoms with Crippen LogP contribution in [0.5, 0.6) is 0 Å². The molecule has 0 aromatic carbocycles. The van der Waals surface area contributed by atoms with Crippen LogP contribution in [0.25, 0.3) is 0 Å². The van der Waals surface area contributed by atoms with Crippen molar-refractivity contribution in [3.05, 3.63) is 0 Å². The monoisotopic (exact) mass is 254 g/mol. The maximum absolute atomic E-state index is 10.9. The van der Waals surface area contributed by atoms with E-state index in [1.165, 1.54) is 28.7 Å². The first-order valence-electron chi connectivity index (χ1n) is 4.05. The Labute approximate surface area is 95.5 Å². The van der Waals surface area contributed by atoms with Crippen molar-refractivity contribution in [1.82, 2.24) is 0 Å². The van der Waals surface area contributed by atoms with Crippen LogP contribution >= 0.6 is 21.6 Å². The van der Waals surface area contributed by atoms with Crippen LogP contribution in [-0.4, -0.2) is 47.7 Å². The van der Waals surface area contributed by atoms with Gasteiger partial charge in [-0.05, 0) is 0 Å². The molecule has 2 atom stereocenters. The van der Waals surface area contributed by atoms with Crippen molar-refractivity contribution in [2.24, 2.45) is 11.5 Å². The van der Waals surface area contributed by atoms with Crippen molar-refractivity contribution in [1.29, 1.82) is 0 Å². The third-order valence-corrected chi connectivity index (χ3v) is 3.87. The molecule has 1 unspecified atom stereocenters. The van der Waals surface area contributed by atoms with Crippen molar-refractivity contribution in [2.75, 3.05) is 18.6 Å². The average molecular weight is 254 g/mol. The molecule has 0 spiro atoms. The van der Waals surface area contributed by atoms with Crippen LogP contribution in [0, 0.1) is 0 Å². The van der Waals surface area contributed by atoms with Gasteiger partial charge < -0.3 is 21.3 Å². The van der Waals surface area contributed by atoms with E-state index in [0.717, 1.165) is 0 Å². The molecule has 8 heteroatoms. The fourth-order valence-corrected chi connectivity index (χ4v) is 2.75. The predicted molar refractivity (Wildman–Crippen MR) is 60.5 cm³/mol. The molecule has 0 aromatic heterocycles. The summed E-state index contributed by atoms with van der Waals surface area (Å²) in [6.45, 7) is 0. The number of carbonyl (C=O) groups is 2. The molecule has 0 saturated carbocycles. The van der Waals surface area contributed by atoms with E-state index >= 15 is 0 Å². The third-order valence-electron chi connectivity index (χ3n) is 1.40. The maximum Gasteiger partial charge on any atom is 0.323 e. The number of nitrogens with two attached hydrogens (primary N) is 2. The van der Waals surface area contributed by atoms with Gasteiger partial charge in [-0.1, -0.05) is 21.6 Å². The summed E-state index contributed by atoms with van der Waals surface area (Å²) >= 11 is 0. The number of carbonyl (C=O) groups excluding carboxylic acids is 1. The molecule has 0 bridgehead atoms. The fourth-order valence-electron chi connectivity index (χ4n) is 0.534. The van der Waals surface area contributed by atoms with Crippen LogP contribution in [0.1, 0.15) is 0 Å². The zero-order valence-corrected chi connectivity index (χ0v) is 9.85. The molecule has 15 heavy (non-hydrogen) atoms. The largest absolute Gasteiger partial charge is 0.480 e. The highest BCUT2D eigenvalue weighted by Gasteiger charge is 2.15. The molecule has 0 rings (SSSR count). The van der Waals surface area contributed by atoms with Crippen LogP contribution in [0.4, 0.5) is 0 Å². The zero-order chi connectivity index (χ0) is 11.8. The van der Waals surface area contributed by atoms with Gasteiger partial charge in [0.2, 0.25) is 0 Å². The van der Waals surface area contributed by atoms with Gasteiger partial charge in [0.25, 0.3) is 0 Å². The zero-order valence-electron chi connectivity index (χ0n) is 8.21. The summed E-state index contributed by atoms with van der Waals surface area (Å²) in [6, 6.07) is -1.58. The Morgan fingerprint density at radius 1 is 1.27 bits per heavy atom. The molecular formula is C7H14N2O4S2. The summed E-state index contributed by atoms with van der Waals surface area (Å²) in [5.74, 6) is -0.886. The number of carboxylic acid groups (broad SMARTS) is 1. The summed E-state index contributed by atoms with van der Waals surface area (Å²) < 4.78 is 4.42. The summed E-state index contributed by atoms with van der Waals surface area (Å²) in [4.78, 5) is 21.2. The second-order valence-corrected chi connectivity index (χ2v) is 5.20. The summed E-state index contributed by atoms with van der Waals surface area (Å²) in [6.07, 6.45) is 0. The number of carboxylic acids is 1. The fraction of sp³-hybridized carbons (Fsp3) is 0.714. The predicted octanol–water partition coefficient (Wildman–Crippen LogP) is -0.720. The molecule has 0 fully saturated rings. The lowest BCUT2D eigenvalue weighted by molar-refractivity contribution is -0.141. The lowest BCUT2D eigenvalue weighted by Gasteiger charge is -2.09. The van der Waals surface area contributed by atoms with Gasteiger partial charge in [0.15, 0.2) is 0 Å². The number of hydrogen-bond acceptors (Lipinski definition) is 7. The van der Waals surface area contributed by atoms with E-state index < -0.39 is 24.0 Å². The van der Waals surface area contributed by atoms with Gasteiger partial charge in [-0.15, -0.1) is 0 Å². The lowest BCUT2D eigenvalue weighted by Crippen LogP contribution is -2.34. The molecule has 5 N–H and O–H groups in total. The Morgan fingerprint density at radius 2 is 1.73 bits per heavy atom. The van der Waals surface area contributed by atoms with Crippen LogP contribution in [-0.2, 0) is 14.3 Å². The molecule has 6 nitrogen and oxygen atoms in total. The molecule has 0 aliphatic rings. The minimum atomic E-state index is -1.04. The van der Waals surface area contributed by atoms with Crippen molar-refractivity contribution in [3.63, 3.8) is 0 Å². The van der Waals surface area contributed by atoms with Crippen molar-refractivity contribution in [2.45, 2.75) is 12.1 Å². The molecule has 0 aromatic rings. The number of esters is 1. The van der Waals surface area contributed by atoms with Gasteiger partial charge in [-0.25, -0.2) is 0 Å². The second kappa shape index (κ2) is 7.80. The van der Waals surface area contributed by atoms with Gasteiger partial charge in [0.05, 0.1) is 7.11 Å².